The summed E-state index contributed by atoms with van der Waals surface area (Å²) in [5.74, 6) is 1.000. The number of aromatic hydroxyl groups is 2. The van der Waals surface area contributed by atoms with Gasteiger partial charge in [-0.1, -0.05) is 31.2 Å². The molecule has 0 saturated carbocycles. The fraction of sp³-hybridized carbons (Fsp3) is 0.333. The van der Waals surface area contributed by atoms with Crippen LogP contribution in [-0.4, -0.2) is 10.2 Å². The zero-order valence-corrected chi connectivity index (χ0v) is 12.6. The monoisotopic (exact) mass is 270 g/mol. The summed E-state index contributed by atoms with van der Waals surface area (Å²) in [6, 6.07) is 9.89. The van der Waals surface area contributed by atoms with Crippen LogP contribution in [0.1, 0.15) is 47.1 Å². The van der Waals surface area contributed by atoms with Crippen LogP contribution in [0.5, 0.6) is 11.5 Å². The Labute approximate surface area is 120 Å². The quantitative estimate of drug-likeness (QED) is 0.858. The van der Waals surface area contributed by atoms with Gasteiger partial charge in [0.05, 0.1) is 0 Å². The summed E-state index contributed by atoms with van der Waals surface area (Å²) in [5, 5.41) is 19.6. The first-order valence-corrected chi connectivity index (χ1v) is 7.03. The van der Waals surface area contributed by atoms with Gasteiger partial charge in [0.15, 0.2) is 0 Å². The largest absolute Gasteiger partial charge is 0.508 e. The van der Waals surface area contributed by atoms with E-state index < -0.39 is 0 Å². The van der Waals surface area contributed by atoms with Gasteiger partial charge in [-0.25, -0.2) is 0 Å². The van der Waals surface area contributed by atoms with Crippen molar-refractivity contribution in [3.63, 3.8) is 0 Å². The molecule has 0 saturated heterocycles. The minimum Gasteiger partial charge on any atom is -0.508 e. The molecule has 20 heavy (non-hydrogen) atoms. The molecule has 1 unspecified atom stereocenters. The van der Waals surface area contributed by atoms with Crippen LogP contribution in [-0.2, 0) is 0 Å². The molecule has 0 aromatic heterocycles. The normalized spacial score (nSPS) is 12.4. The van der Waals surface area contributed by atoms with E-state index in [4.69, 9.17) is 0 Å². The molecule has 2 nitrogen and oxygen atoms in total. The van der Waals surface area contributed by atoms with E-state index in [0.717, 1.165) is 23.1 Å². The van der Waals surface area contributed by atoms with Gasteiger partial charge in [0.25, 0.3) is 0 Å². The van der Waals surface area contributed by atoms with Gasteiger partial charge >= 0.3 is 0 Å². The predicted octanol–water partition coefficient (Wildman–Crippen LogP) is 4.56. The van der Waals surface area contributed by atoms with Crippen molar-refractivity contribution in [2.75, 3.05) is 0 Å². The maximum absolute atomic E-state index is 9.90. The Balaban J connectivity index is 2.49. The number of phenols is 2. The molecule has 0 radical (unpaired) electrons. The van der Waals surface area contributed by atoms with Crippen molar-refractivity contribution in [3.05, 3.63) is 58.1 Å². The molecule has 0 fully saturated rings. The van der Waals surface area contributed by atoms with Crippen molar-refractivity contribution in [2.45, 2.75) is 40.0 Å². The molecule has 0 aliphatic rings. The predicted molar refractivity (Wildman–Crippen MR) is 82.6 cm³/mol. The average molecular weight is 270 g/mol. The maximum atomic E-state index is 9.90. The van der Waals surface area contributed by atoms with Gasteiger partial charge in [-0.2, -0.15) is 0 Å². The molecule has 2 N–H and O–H groups in total. The highest BCUT2D eigenvalue weighted by molar-refractivity contribution is 5.47. The Bertz CT molecular complexity index is 606. The molecule has 0 bridgehead atoms. The van der Waals surface area contributed by atoms with Crippen LogP contribution in [0.4, 0.5) is 0 Å². The summed E-state index contributed by atoms with van der Waals surface area (Å²) < 4.78 is 0. The van der Waals surface area contributed by atoms with Gasteiger partial charge in [0.2, 0.25) is 0 Å². The van der Waals surface area contributed by atoms with Gasteiger partial charge in [-0.3, -0.25) is 0 Å². The molecular formula is C18H22O2. The average Bonchev–Trinajstić information content (AvgIpc) is 2.41. The molecule has 2 aromatic carbocycles. The molecule has 0 amide bonds. The van der Waals surface area contributed by atoms with Crippen molar-refractivity contribution >= 4 is 0 Å². The second-order valence-corrected chi connectivity index (χ2v) is 5.51. The van der Waals surface area contributed by atoms with E-state index in [1.807, 2.05) is 32.9 Å². The van der Waals surface area contributed by atoms with Crippen molar-refractivity contribution in [2.24, 2.45) is 0 Å². The molecular weight excluding hydrogens is 248 g/mol. The summed E-state index contributed by atoms with van der Waals surface area (Å²) in [7, 11) is 0. The highest BCUT2D eigenvalue weighted by atomic mass is 16.3. The van der Waals surface area contributed by atoms with E-state index in [1.54, 1.807) is 6.07 Å². The summed E-state index contributed by atoms with van der Waals surface area (Å²) >= 11 is 0. The number of hydrogen-bond donors (Lipinski definition) is 2. The lowest BCUT2D eigenvalue weighted by Crippen LogP contribution is -2.01. The summed E-state index contributed by atoms with van der Waals surface area (Å²) in [5.41, 5.74) is 5.13. The van der Waals surface area contributed by atoms with Gasteiger partial charge < -0.3 is 10.2 Å². The van der Waals surface area contributed by atoms with E-state index >= 15 is 0 Å². The smallest absolute Gasteiger partial charge is 0.121 e. The van der Waals surface area contributed by atoms with E-state index in [9.17, 15) is 10.2 Å². The Morgan fingerprint density at radius 1 is 0.850 bits per heavy atom. The van der Waals surface area contributed by atoms with E-state index in [2.05, 4.69) is 19.1 Å². The van der Waals surface area contributed by atoms with Crippen LogP contribution in [0.3, 0.4) is 0 Å². The highest BCUT2D eigenvalue weighted by Gasteiger charge is 2.15. The van der Waals surface area contributed by atoms with Crippen molar-refractivity contribution < 1.29 is 10.2 Å². The summed E-state index contributed by atoms with van der Waals surface area (Å²) in [4.78, 5) is 0. The Kier molecular flexibility index (Phi) is 4.03. The summed E-state index contributed by atoms with van der Waals surface area (Å²) in [6.45, 7) is 7.94. The van der Waals surface area contributed by atoms with Crippen molar-refractivity contribution in [1.82, 2.24) is 0 Å². The molecule has 0 heterocycles. The van der Waals surface area contributed by atoms with E-state index in [0.29, 0.717) is 11.5 Å². The zero-order chi connectivity index (χ0) is 14.9. The van der Waals surface area contributed by atoms with Crippen molar-refractivity contribution in [1.29, 1.82) is 0 Å². The Hall–Kier alpha value is -1.96. The first kappa shape index (κ1) is 14.4. The molecule has 106 valence electrons. The number of hydrogen-bond acceptors (Lipinski definition) is 2. The second-order valence-electron chi connectivity index (χ2n) is 5.51. The van der Waals surface area contributed by atoms with E-state index in [-0.39, 0.29) is 5.92 Å². The third kappa shape index (κ3) is 2.64. The lowest BCUT2D eigenvalue weighted by atomic mass is 9.86. The van der Waals surface area contributed by atoms with Gasteiger partial charge in [0.1, 0.15) is 11.5 Å². The number of rotatable bonds is 3. The molecule has 0 aliphatic heterocycles. The standard InChI is InChI=1S/C18H22O2/c1-5-16(14-6-7-17(19)11(2)8-14)15-9-12(3)18(20)13(4)10-15/h6-10,16,19-20H,5H2,1-4H3. The van der Waals surface area contributed by atoms with Crippen molar-refractivity contribution in [3.8, 4) is 11.5 Å². The lowest BCUT2D eigenvalue weighted by molar-refractivity contribution is 0.466. The molecule has 2 heteroatoms. The highest BCUT2D eigenvalue weighted by Crippen LogP contribution is 2.34. The first-order chi connectivity index (χ1) is 9.43. The van der Waals surface area contributed by atoms with E-state index in [1.165, 1.54) is 11.1 Å². The van der Waals surface area contributed by atoms with Gasteiger partial charge in [0, 0.05) is 5.92 Å². The van der Waals surface area contributed by atoms with Crippen LogP contribution in [0, 0.1) is 20.8 Å². The third-order valence-corrected chi connectivity index (χ3v) is 3.95. The number of benzene rings is 2. The lowest BCUT2D eigenvalue weighted by Gasteiger charge is -2.19. The molecule has 2 aromatic rings. The number of aryl methyl sites for hydroxylation is 3. The van der Waals surface area contributed by atoms with Gasteiger partial charge in [-0.15, -0.1) is 0 Å². The summed E-state index contributed by atoms with van der Waals surface area (Å²) in [6.07, 6.45) is 0.980. The van der Waals surface area contributed by atoms with Gasteiger partial charge in [-0.05, 0) is 61.1 Å². The fourth-order valence-electron chi connectivity index (χ4n) is 2.75. The molecule has 0 aliphatic carbocycles. The topological polar surface area (TPSA) is 40.5 Å². The van der Waals surface area contributed by atoms with Crippen LogP contribution >= 0.6 is 0 Å². The fourth-order valence-corrected chi connectivity index (χ4v) is 2.75. The molecule has 0 spiro atoms. The SMILES string of the molecule is CCC(c1ccc(O)c(C)c1)c1cc(C)c(O)c(C)c1. The second kappa shape index (κ2) is 5.58. The van der Waals surface area contributed by atoms with Crippen LogP contribution in [0.25, 0.3) is 0 Å². The van der Waals surface area contributed by atoms with Crippen LogP contribution in [0.2, 0.25) is 0 Å². The minimum absolute atomic E-state index is 0.285. The molecule has 2 rings (SSSR count). The third-order valence-electron chi connectivity index (χ3n) is 3.95. The Morgan fingerprint density at radius 2 is 1.40 bits per heavy atom. The zero-order valence-electron chi connectivity index (χ0n) is 12.6. The first-order valence-electron chi connectivity index (χ1n) is 7.03. The number of phenolic OH excluding ortho intramolecular Hbond substituents is 2. The van der Waals surface area contributed by atoms with Crippen LogP contribution < -0.4 is 0 Å². The minimum atomic E-state index is 0.285. The Morgan fingerprint density at radius 3 is 1.90 bits per heavy atom. The van der Waals surface area contributed by atoms with Crippen LogP contribution in [0.15, 0.2) is 30.3 Å². The maximum Gasteiger partial charge on any atom is 0.121 e. The molecule has 1 atom stereocenters.